The smallest absolute Gasteiger partial charge is 0.139 e. The van der Waals surface area contributed by atoms with Crippen LogP contribution in [0.2, 0.25) is 0 Å². The Kier molecular flexibility index (Phi) is 7.70. The predicted molar refractivity (Wildman–Crippen MR) is 134 cm³/mol. The van der Waals surface area contributed by atoms with Crippen LogP contribution in [0, 0.1) is 6.92 Å². The topological polar surface area (TPSA) is 44.0 Å². The standard InChI is InChI=1S/C23H26N4OS.2ClH/c1-16-13-19-22(24-20-5-3-4-6-21(20)25-23(19)29-16)27-11-10-26(2)18(14-27)8-7-17-9-12-28-15-17;;/h3-6,9,12-13,15,18,25H,7-8,10-11,14H2,1-2H3;2*1H/t18-;;/m0../s1. The molecule has 31 heavy (non-hydrogen) atoms. The lowest BCUT2D eigenvalue weighted by Gasteiger charge is -2.41. The minimum atomic E-state index is 0. The van der Waals surface area contributed by atoms with Crippen molar-refractivity contribution in [2.45, 2.75) is 25.8 Å². The number of anilines is 2. The van der Waals surface area contributed by atoms with E-state index in [1.165, 1.54) is 21.0 Å². The van der Waals surface area contributed by atoms with Crippen molar-refractivity contribution in [1.29, 1.82) is 0 Å². The number of para-hydroxylation sites is 2. The highest BCUT2D eigenvalue weighted by atomic mass is 35.5. The van der Waals surface area contributed by atoms with Gasteiger partial charge in [-0.05, 0) is 56.6 Å². The van der Waals surface area contributed by atoms with Gasteiger partial charge in [0.2, 0.25) is 0 Å². The Bertz CT molecular complexity index is 1030. The number of rotatable bonds is 3. The first kappa shape index (κ1) is 23.7. The number of nitrogens with one attached hydrogen (secondary N) is 1. The van der Waals surface area contributed by atoms with Crippen LogP contribution >= 0.6 is 36.2 Å². The van der Waals surface area contributed by atoms with Gasteiger partial charge in [0.1, 0.15) is 10.8 Å². The summed E-state index contributed by atoms with van der Waals surface area (Å²) in [5.41, 5.74) is 4.59. The number of hydrogen-bond acceptors (Lipinski definition) is 6. The molecule has 1 atom stereocenters. The van der Waals surface area contributed by atoms with E-state index in [4.69, 9.17) is 9.41 Å². The van der Waals surface area contributed by atoms with Crippen molar-refractivity contribution in [3.8, 4) is 0 Å². The third kappa shape index (κ3) is 4.93. The molecule has 3 aromatic rings. The molecule has 1 fully saturated rings. The number of nitrogens with zero attached hydrogens (tertiary/aromatic N) is 3. The van der Waals surface area contributed by atoms with E-state index in [9.17, 15) is 0 Å². The molecular weight excluding hydrogens is 451 g/mol. The van der Waals surface area contributed by atoms with Gasteiger partial charge in [-0.25, -0.2) is 4.99 Å². The molecule has 0 bridgehead atoms. The van der Waals surface area contributed by atoms with Crippen molar-refractivity contribution in [2.24, 2.45) is 4.99 Å². The molecule has 0 spiro atoms. The van der Waals surface area contributed by atoms with E-state index < -0.39 is 0 Å². The molecule has 0 saturated carbocycles. The third-order valence-corrected chi connectivity index (χ3v) is 6.86. The Hall–Kier alpha value is -1.99. The van der Waals surface area contributed by atoms with Gasteiger partial charge in [0.25, 0.3) is 0 Å². The molecule has 4 heterocycles. The lowest BCUT2D eigenvalue weighted by molar-refractivity contribution is 0.134. The van der Waals surface area contributed by atoms with Crippen LogP contribution in [0.5, 0.6) is 0 Å². The maximum atomic E-state index is 5.24. The van der Waals surface area contributed by atoms with Gasteiger partial charge in [-0.3, -0.25) is 4.90 Å². The van der Waals surface area contributed by atoms with Crippen molar-refractivity contribution in [2.75, 3.05) is 32.0 Å². The molecule has 5 rings (SSSR count). The quantitative estimate of drug-likeness (QED) is 0.510. The molecule has 0 amide bonds. The van der Waals surface area contributed by atoms with Crippen LogP contribution in [0.25, 0.3) is 0 Å². The zero-order valence-corrected chi connectivity index (χ0v) is 20.2. The summed E-state index contributed by atoms with van der Waals surface area (Å²) in [6.45, 7) is 5.20. The van der Waals surface area contributed by atoms with E-state index in [0.717, 1.165) is 49.7 Å². The summed E-state index contributed by atoms with van der Waals surface area (Å²) in [7, 11) is 2.24. The van der Waals surface area contributed by atoms with Crippen LogP contribution in [0.1, 0.15) is 22.4 Å². The van der Waals surface area contributed by atoms with Crippen molar-refractivity contribution in [3.05, 3.63) is 64.9 Å². The minimum Gasteiger partial charge on any atom is -0.472 e. The summed E-state index contributed by atoms with van der Waals surface area (Å²) in [4.78, 5) is 11.4. The highest BCUT2D eigenvalue weighted by molar-refractivity contribution is 7.16. The first-order chi connectivity index (χ1) is 14.2. The Morgan fingerprint density at radius 2 is 2.03 bits per heavy atom. The maximum absolute atomic E-state index is 5.24. The number of aliphatic imine (C=N–C) groups is 1. The average molecular weight is 479 g/mol. The summed E-state index contributed by atoms with van der Waals surface area (Å²) in [5.74, 6) is 1.10. The van der Waals surface area contributed by atoms with Gasteiger partial charge in [-0.1, -0.05) is 12.1 Å². The molecule has 5 nitrogen and oxygen atoms in total. The first-order valence-electron chi connectivity index (χ1n) is 10.2. The lowest BCUT2D eigenvalue weighted by Crippen LogP contribution is -2.53. The molecule has 2 aliphatic rings. The Labute approximate surface area is 200 Å². The zero-order chi connectivity index (χ0) is 19.8. The van der Waals surface area contributed by atoms with Gasteiger partial charge in [-0.15, -0.1) is 36.2 Å². The van der Waals surface area contributed by atoms with Crippen molar-refractivity contribution >= 4 is 58.4 Å². The van der Waals surface area contributed by atoms with E-state index in [1.54, 1.807) is 17.6 Å². The summed E-state index contributed by atoms with van der Waals surface area (Å²) in [6.07, 6.45) is 5.78. The summed E-state index contributed by atoms with van der Waals surface area (Å²) in [5, 5.41) is 4.81. The zero-order valence-electron chi connectivity index (χ0n) is 17.7. The second kappa shape index (κ2) is 10.1. The molecule has 166 valence electrons. The summed E-state index contributed by atoms with van der Waals surface area (Å²) < 4.78 is 5.24. The number of piperazine rings is 1. The average Bonchev–Trinajstić information content (AvgIpc) is 3.33. The van der Waals surface area contributed by atoms with E-state index in [1.807, 2.05) is 6.26 Å². The fraction of sp³-hybridized carbons (Fsp3) is 0.348. The largest absolute Gasteiger partial charge is 0.472 e. The van der Waals surface area contributed by atoms with E-state index >= 15 is 0 Å². The van der Waals surface area contributed by atoms with Crippen LogP contribution < -0.4 is 5.32 Å². The Morgan fingerprint density at radius 1 is 1.19 bits per heavy atom. The fourth-order valence-electron chi connectivity index (χ4n) is 4.21. The number of fused-ring (bicyclic) bond motifs is 2. The lowest BCUT2D eigenvalue weighted by atomic mass is 10.0. The number of aryl methyl sites for hydroxylation is 2. The first-order valence-corrected chi connectivity index (χ1v) is 11.0. The molecule has 0 radical (unpaired) electrons. The fourth-order valence-corrected chi connectivity index (χ4v) is 5.13. The predicted octanol–water partition coefficient (Wildman–Crippen LogP) is 5.88. The van der Waals surface area contributed by atoms with Gasteiger partial charge in [0, 0.05) is 30.6 Å². The highest BCUT2D eigenvalue weighted by Gasteiger charge is 2.29. The highest BCUT2D eigenvalue weighted by Crippen LogP contribution is 2.39. The molecule has 0 unspecified atom stereocenters. The number of halogens is 2. The number of amidine groups is 1. The summed E-state index contributed by atoms with van der Waals surface area (Å²) >= 11 is 1.81. The van der Waals surface area contributed by atoms with Crippen LogP contribution in [0.15, 0.2) is 58.3 Å². The minimum absolute atomic E-state index is 0. The monoisotopic (exact) mass is 478 g/mol. The number of likely N-dealkylation sites (N-methyl/N-ethyl adjacent to an activating group) is 1. The molecule has 0 aliphatic carbocycles. The number of hydrogen-bond donors (Lipinski definition) is 1. The SMILES string of the molecule is Cc1cc2c(s1)Nc1ccccc1N=C2N1CCN(C)[C@@H](CCc2ccoc2)C1.Cl.Cl. The van der Waals surface area contributed by atoms with E-state index in [0.29, 0.717) is 6.04 Å². The third-order valence-electron chi connectivity index (χ3n) is 5.90. The molecule has 8 heteroatoms. The van der Waals surface area contributed by atoms with Crippen LogP contribution in [0.3, 0.4) is 0 Å². The molecule has 2 aromatic heterocycles. The van der Waals surface area contributed by atoms with Gasteiger partial charge in [0.05, 0.1) is 29.5 Å². The Balaban J connectivity index is 0.00000136. The number of thiophene rings is 1. The van der Waals surface area contributed by atoms with Gasteiger partial charge >= 0.3 is 0 Å². The molecule has 2 aliphatic heterocycles. The second-order valence-electron chi connectivity index (χ2n) is 7.93. The normalized spacial score (nSPS) is 17.9. The van der Waals surface area contributed by atoms with Gasteiger partial charge < -0.3 is 14.6 Å². The number of benzene rings is 1. The van der Waals surface area contributed by atoms with E-state index in [2.05, 4.69) is 65.5 Å². The van der Waals surface area contributed by atoms with Gasteiger partial charge in [-0.2, -0.15) is 0 Å². The number of furan rings is 1. The molecule has 1 aromatic carbocycles. The van der Waals surface area contributed by atoms with Crippen molar-refractivity contribution < 1.29 is 4.42 Å². The van der Waals surface area contributed by atoms with Gasteiger partial charge in [0.15, 0.2) is 0 Å². The van der Waals surface area contributed by atoms with E-state index in [-0.39, 0.29) is 24.8 Å². The molecular formula is C23H28Cl2N4OS. The second-order valence-corrected chi connectivity index (χ2v) is 9.18. The molecule has 1 saturated heterocycles. The van der Waals surface area contributed by atoms with Crippen molar-refractivity contribution in [3.63, 3.8) is 0 Å². The maximum Gasteiger partial charge on any atom is 0.139 e. The molecule has 1 N–H and O–H groups in total. The van der Waals surface area contributed by atoms with Crippen LogP contribution in [-0.4, -0.2) is 48.4 Å². The Morgan fingerprint density at radius 3 is 2.84 bits per heavy atom. The van der Waals surface area contributed by atoms with Crippen LogP contribution in [-0.2, 0) is 6.42 Å². The van der Waals surface area contributed by atoms with Crippen molar-refractivity contribution in [1.82, 2.24) is 9.80 Å². The summed E-state index contributed by atoms with van der Waals surface area (Å²) in [6, 6.07) is 13.2. The van der Waals surface area contributed by atoms with Crippen LogP contribution in [0.4, 0.5) is 16.4 Å².